The fraction of sp³-hybridized carbons (Fsp3) is 0.158. The lowest BCUT2D eigenvalue weighted by atomic mass is 10.2. The molecule has 0 saturated carbocycles. The number of hydrogen-bond donors (Lipinski definition) is 0. The molecule has 1 heterocycles. The van der Waals surface area contributed by atoms with Crippen molar-refractivity contribution in [2.45, 2.75) is 18.4 Å². The number of ether oxygens (including phenoxy) is 1. The quantitative estimate of drug-likeness (QED) is 0.443. The molecule has 0 saturated heterocycles. The lowest BCUT2D eigenvalue weighted by Crippen LogP contribution is -2.07. The first-order chi connectivity index (χ1) is 12.1. The molecule has 3 rings (SSSR count). The fourth-order valence-electron chi connectivity index (χ4n) is 2.27. The normalized spacial score (nSPS) is 10.7. The third-order valence-electron chi connectivity index (χ3n) is 3.65. The largest absolute Gasteiger partial charge is 0.455 e. The van der Waals surface area contributed by atoms with E-state index in [0.29, 0.717) is 27.9 Å². The van der Waals surface area contributed by atoms with Gasteiger partial charge in [0.2, 0.25) is 5.89 Å². The number of carbonyl (C=O) groups is 1. The standard InChI is InChI=1S/C19H16ClNO3S/c1-12-17(21-18(24-12)13-6-4-3-5-7-13)11-23-19(22)15-10-14(25-2)8-9-16(15)20/h3-10H,11H2,1-2H3. The summed E-state index contributed by atoms with van der Waals surface area (Å²) < 4.78 is 11.0. The summed E-state index contributed by atoms with van der Waals surface area (Å²) in [5.74, 6) is 0.645. The summed E-state index contributed by atoms with van der Waals surface area (Å²) in [6.45, 7) is 1.82. The average Bonchev–Trinajstić information content (AvgIpc) is 3.01. The maximum Gasteiger partial charge on any atom is 0.340 e. The SMILES string of the molecule is CSc1ccc(Cl)c(C(=O)OCc2nc(-c3ccccc3)oc2C)c1. The van der Waals surface area contributed by atoms with Gasteiger partial charge >= 0.3 is 5.97 Å². The topological polar surface area (TPSA) is 52.3 Å². The first-order valence-electron chi connectivity index (χ1n) is 7.61. The minimum absolute atomic E-state index is 0.0286. The monoisotopic (exact) mass is 373 g/mol. The highest BCUT2D eigenvalue weighted by atomic mass is 35.5. The van der Waals surface area contributed by atoms with Crippen molar-refractivity contribution in [2.75, 3.05) is 6.26 Å². The molecule has 0 fully saturated rings. The number of aromatic nitrogens is 1. The molecule has 3 aromatic rings. The van der Waals surface area contributed by atoms with Gasteiger partial charge in [-0.05, 0) is 43.5 Å². The Hall–Kier alpha value is -2.24. The zero-order valence-corrected chi connectivity index (χ0v) is 15.4. The van der Waals surface area contributed by atoms with Crippen molar-refractivity contribution in [2.24, 2.45) is 0 Å². The number of hydrogen-bond acceptors (Lipinski definition) is 5. The van der Waals surface area contributed by atoms with Crippen LogP contribution in [-0.4, -0.2) is 17.2 Å². The van der Waals surface area contributed by atoms with Crippen LogP contribution in [0.5, 0.6) is 0 Å². The average molecular weight is 374 g/mol. The molecule has 0 aliphatic heterocycles. The molecule has 4 nitrogen and oxygen atoms in total. The maximum absolute atomic E-state index is 12.3. The zero-order chi connectivity index (χ0) is 17.8. The smallest absolute Gasteiger partial charge is 0.340 e. The number of aryl methyl sites for hydroxylation is 1. The molecular formula is C19H16ClNO3S. The highest BCUT2D eigenvalue weighted by molar-refractivity contribution is 7.98. The van der Waals surface area contributed by atoms with E-state index in [1.807, 2.05) is 42.7 Å². The van der Waals surface area contributed by atoms with Crippen LogP contribution >= 0.6 is 23.4 Å². The van der Waals surface area contributed by atoms with E-state index in [4.69, 9.17) is 20.8 Å². The molecule has 0 bridgehead atoms. The van der Waals surface area contributed by atoms with Gasteiger partial charge in [0.05, 0.1) is 10.6 Å². The van der Waals surface area contributed by atoms with Crippen LogP contribution in [-0.2, 0) is 11.3 Å². The number of rotatable bonds is 5. The van der Waals surface area contributed by atoms with Crippen LogP contribution in [0.2, 0.25) is 5.02 Å². The lowest BCUT2D eigenvalue weighted by molar-refractivity contribution is 0.0467. The molecule has 0 aliphatic carbocycles. The summed E-state index contributed by atoms with van der Waals surface area (Å²) >= 11 is 7.63. The van der Waals surface area contributed by atoms with E-state index in [0.717, 1.165) is 10.5 Å². The Morgan fingerprint density at radius 1 is 1.24 bits per heavy atom. The van der Waals surface area contributed by atoms with Crippen molar-refractivity contribution in [3.05, 3.63) is 70.6 Å². The van der Waals surface area contributed by atoms with Crippen LogP contribution < -0.4 is 0 Å². The molecule has 0 atom stereocenters. The van der Waals surface area contributed by atoms with Crippen LogP contribution in [0.15, 0.2) is 57.8 Å². The number of esters is 1. The van der Waals surface area contributed by atoms with Crippen LogP contribution in [0.4, 0.5) is 0 Å². The Kier molecular flexibility index (Phi) is 5.46. The van der Waals surface area contributed by atoms with Crippen LogP contribution in [0.25, 0.3) is 11.5 Å². The summed E-state index contributed by atoms with van der Waals surface area (Å²) in [5, 5.41) is 0.365. The van der Waals surface area contributed by atoms with E-state index in [1.54, 1.807) is 19.1 Å². The second-order valence-electron chi connectivity index (χ2n) is 5.31. The molecule has 0 N–H and O–H groups in total. The predicted octanol–water partition coefficient (Wildman–Crippen LogP) is 5.38. The molecule has 0 aliphatic rings. The summed E-state index contributed by atoms with van der Waals surface area (Å²) in [5.41, 5.74) is 1.81. The van der Waals surface area contributed by atoms with Crippen molar-refractivity contribution in [1.82, 2.24) is 4.98 Å². The molecule has 2 aromatic carbocycles. The van der Waals surface area contributed by atoms with Gasteiger partial charge in [-0.3, -0.25) is 0 Å². The minimum Gasteiger partial charge on any atom is -0.455 e. The van der Waals surface area contributed by atoms with Gasteiger partial charge in [0.25, 0.3) is 0 Å². The number of halogens is 1. The molecular weight excluding hydrogens is 358 g/mol. The zero-order valence-electron chi connectivity index (χ0n) is 13.8. The predicted molar refractivity (Wildman–Crippen MR) is 99.0 cm³/mol. The Labute approximate surface area is 155 Å². The van der Waals surface area contributed by atoms with E-state index in [-0.39, 0.29) is 6.61 Å². The van der Waals surface area contributed by atoms with E-state index in [2.05, 4.69) is 4.98 Å². The maximum atomic E-state index is 12.3. The first kappa shape index (κ1) is 17.6. The highest BCUT2D eigenvalue weighted by Crippen LogP contribution is 2.25. The Bertz CT molecular complexity index is 893. The molecule has 128 valence electrons. The number of thioether (sulfide) groups is 1. The van der Waals surface area contributed by atoms with Crippen molar-refractivity contribution in [3.63, 3.8) is 0 Å². The summed E-state index contributed by atoms with van der Waals surface area (Å²) in [6.07, 6.45) is 1.93. The van der Waals surface area contributed by atoms with E-state index < -0.39 is 5.97 Å². The van der Waals surface area contributed by atoms with E-state index in [1.165, 1.54) is 11.8 Å². The third-order valence-corrected chi connectivity index (χ3v) is 4.70. The molecule has 0 radical (unpaired) electrons. The Balaban J connectivity index is 1.74. The third kappa shape index (κ3) is 4.06. The molecule has 1 aromatic heterocycles. The molecule has 0 spiro atoms. The Morgan fingerprint density at radius 3 is 2.72 bits per heavy atom. The van der Waals surface area contributed by atoms with Gasteiger partial charge in [-0.2, -0.15) is 0 Å². The van der Waals surface area contributed by atoms with Crippen molar-refractivity contribution in [3.8, 4) is 11.5 Å². The minimum atomic E-state index is -0.482. The van der Waals surface area contributed by atoms with Gasteiger partial charge in [0.1, 0.15) is 18.1 Å². The van der Waals surface area contributed by atoms with Gasteiger partial charge in [-0.1, -0.05) is 29.8 Å². The molecule has 6 heteroatoms. The number of nitrogens with zero attached hydrogens (tertiary/aromatic N) is 1. The van der Waals surface area contributed by atoms with E-state index >= 15 is 0 Å². The van der Waals surface area contributed by atoms with Gasteiger partial charge in [0.15, 0.2) is 0 Å². The van der Waals surface area contributed by atoms with Crippen LogP contribution in [0.1, 0.15) is 21.8 Å². The second kappa shape index (κ2) is 7.76. The van der Waals surface area contributed by atoms with Crippen LogP contribution in [0, 0.1) is 6.92 Å². The summed E-state index contributed by atoms with van der Waals surface area (Å²) in [7, 11) is 0. The lowest BCUT2D eigenvalue weighted by Gasteiger charge is -2.06. The highest BCUT2D eigenvalue weighted by Gasteiger charge is 2.16. The number of benzene rings is 2. The van der Waals surface area contributed by atoms with Gasteiger partial charge < -0.3 is 9.15 Å². The second-order valence-corrected chi connectivity index (χ2v) is 6.60. The van der Waals surface area contributed by atoms with E-state index in [9.17, 15) is 4.79 Å². The molecule has 0 unspecified atom stereocenters. The number of carbonyl (C=O) groups excluding carboxylic acids is 1. The fourth-order valence-corrected chi connectivity index (χ4v) is 2.90. The van der Waals surface area contributed by atoms with Crippen molar-refractivity contribution in [1.29, 1.82) is 0 Å². The Morgan fingerprint density at radius 2 is 2.00 bits per heavy atom. The van der Waals surface area contributed by atoms with Crippen molar-refractivity contribution >= 4 is 29.3 Å². The van der Waals surface area contributed by atoms with Gasteiger partial charge in [-0.15, -0.1) is 11.8 Å². The molecule has 0 amide bonds. The summed E-state index contributed by atoms with van der Waals surface area (Å²) in [4.78, 5) is 17.7. The summed E-state index contributed by atoms with van der Waals surface area (Å²) in [6, 6.07) is 14.8. The van der Waals surface area contributed by atoms with Crippen LogP contribution in [0.3, 0.4) is 0 Å². The number of oxazole rings is 1. The first-order valence-corrected chi connectivity index (χ1v) is 9.21. The van der Waals surface area contributed by atoms with Gasteiger partial charge in [-0.25, -0.2) is 9.78 Å². The van der Waals surface area contributed by atoms with Crippen molar-refractivity contribution < 1.29 is 13.9 Å². The van der Waals surface area contributed by atoms with Gasteiger partial charge in [0, 0.05) is 10.5 Å². The molecule has 25 heavy (non-hydrogen) atoms.